The highest BCUT2D eigenvalue weighted by molar-refractivity contribution is 5.96. The second-order valence-electron chi connectivity index (χ2n) is 9.47. The van der Waals surface area contributed by atoms with E-state index in [1.165, 1.54) is 12.1 Å². The standard InChI is InChI=1S/C30H33FN2O2/c1-20(2)13-29(25-15-21(3)14-22(4)16-25)33-30(34)28-18-27(11-10-24(28)8-6-12-32)35-19-23-7-5-9-26(31)17-23/h5,7,9-11,14-18,20,29H,6,8,13,19H2,1-4H3,(H,33,34). The number of ether oxygens (including phenoxy) is 1. The molecule has 0 heterocycles. The number of nitrogens with one attached hydrogen (secondary N) is 1. The van der Waals surface area contributed by atoms with Crippen LogP contribution >= 0.6 is 0 Å². The average Bonchev–Trinajstić information content (AvgIpc) is 2.80. The largest absolute Gasteiger partial charge is 0.489 e. The van der Waals surface area contributed by atoms with Gasteiger partial charge in [-0.05, 0) is 73.6 Å². The highest BCUT2D eigenvalue weighted by atomic mass is 19.1. The van der Waals surface area contributed by atoms with E-state index in [-0.39, 0.29) is 24.4 Å². The van der Waals surface area contributed by atoms with E-state index >= 15 is 0 Å². The summed E-state index contributed by atoms with van der Waals surface area (Å²) in [7, 11) is 0. The number of benzene rings is 3. The summed E-state index contributed by atoms with van der Waals surface area (Å²) in [5.74, 6) is 0.395. The SMILES string of the molecule is Cc1cc(C)cc(C(CC(C)C)NC(=O)c2cc(OCc3cccc(F)c3)ccc2CCC#N)c1. The lowest BCUT2D eigenvalue weighted by atomic mass is 9.93. The number of nitriles is 1. The molecule has 35 heavy (non-hydrogen) atoms. The molecule has 0 spiro atoms. The second kappa shape index (κ2) is 12.2. The minimum absolute atomic E-state index is 0.137. The van der Waals surface area contributed by atoms with Crippen molar-refractivity contribution in [3.8, 4) is 11.8 Å². The van der Waals surface area contributed by atoms with Crippen LogP contribution in [0, 0.1) is 36.9 Å². The highest BCUT2D eigenvalue weighted by Gasteiger charge is 2.20. The zero-order valence-corrected chi connectivity index (χ0v) is 20.9. The van der Waals surface area contributed by atoms with Crippen molar-refractivity contribution < 1.29 is 13.9 Å². The van der Waals surface area contributed by atoms with Gasteiger partial charge in [0.2, 0.25) is 0 Å². The number of aryl methyl sites for hydroxylation is 3. The second-order valence-corrected chi connectivity index (χ2v) is 9.47. The first-order chi connectivity index (χ1) is 16.7. The number of rotatable bonds is 10. The summed E-state index contributed by atoms with van der Waals surface area (Å²) in [4.78, 5) is 13.5. The molecule has 3 aromatic carbocycles. The number of carbonyl (C=O) groups excluding carboxylic acids is 1. The molecule has 0 aliphatic carbocycles. The fraction of sp³-hybridized carbons (Fsp3) is 0.333. The molecule has 1 amide bonds. The van der Waals surface area contributed by atoms with Gasteiger partial charge in [0.25, 0.3) is 5.91 Å². The number of hydrogen-bond donors (Lipinski definition) is 1. The Kier molecular flexibility index (Phi) is 9.03. The van der Waals surface area contributed by atoms with Crippen LogP contribution in [-0.4, -0.2) is 5.91 Å². The van der Waals surface area contributed by atoms with Crippen LogP contribution in [0.1, 0.15) is 70.9 Å². The molecule has 5 heteroatoms. The Morgan fingerprint density at radius 3 is 2.46 bits per heavy atom. The van der Waals surface area contributed by atoms with Crippen LogP contribution in [-0.2, 0) is 13.0 Å². The maximum Gasteiger partial charge on any atom is 0.252 e. The monoisotopic (exact) mass is 472 g/mol. The van der Waals surface area contributed by atoms with E-state index in [4.69, 9.17) is 10.00 Å². The molecule has 0 radical (unpaired) electrons. The van der Waals surface area contributed by atoms with Gasteiger partial charge in [-0.1, -0.05) is 61.4 Å². The fourth-order valence-electron chi connectivity index (χ4n) is 4.26. The number of halogens is 1. The number of hydrogen-bond acceptors (Lipinski definition) is 3. The van der Waals surface area contributed by atoms with Gasteiger partial charge < -0.3 is 10.1 Å². The Morgan fingerprint density at radius 2 is 1.80 bits per heavy atom. The Bertz CT molecular complexity index is 1190. The van der Waals surface area contributed by atoms with E-state index in [0.29, 0.717) is 35.6 Å². The summed E-state index contributed by atoms with van der Waals surface area (Å²) < 4.78 is 19.4. The Labute approximate surface area is 207 Å². The third-order valence-corrected chi connectivity index (χ3v) is 5.79. The summed E-state index contributed by atoms with van der Waals surface area (Å²) in [6.07, 6.45) is 1.59. The van der Waals surface area contributed by atoms with E-state index in [1.54, 1.807) is 24.3 Å². The molecule has 0 aliphatic rings. The minimum atomic E-state index is -0.319. The van der Waals surface area contributed by atoms with Crippen molar-refractivity contribution in [2.24, 2.45) is 5.92 Å². The van der Waals surface area contributed by atoms with Gasteiger partial charge in [-0.15, -0.1) is 0 Å². The van der Waals surface area contributed by atoms with Crippen molar-refractivity contribution in [2.45, 2.75) is 59.6 Å². The first-order valence-corrected chi connectivity index (χ1v) is 12.0. The zero-order valence-electron chi connectivity index (χ0n) is 20.9. The van der Waals surface area contributed by atoms with Crippen LogP contribution in [0.5, 0.6) is 5.75 Å². The maximum atomic E-state index is 13.5. The molecule has 0 saturated carbocycles. The van der Waals surface area contributed by atoms with E-state index in [9.17, 15) is 9.18 Å². The van der Waals surface area contributed by atoms with Crippen LogP contribution in [0.4, 0.5) is 4.39 Å². The van der Waals surface area contributed by atoms with Crippen LogP contribution < -0.4 is 10.1 Å². The molecule has 0 aliphatic heterocycles. The maximum absolute atomic E-state index is 13.5. The van der Waals surface area contributed by atoms with Crippen LogP contribution in [0.2, 0.25) is 0 Å². The van der Waals surface area contributed by atoms with Crippen molar-refractivity contribution in [1.29, 1.82) is 5.26 Å². The first kappa shape index (κ1) is 26.0. The molecular formula is C30H33FN2O2. The molecule has 3 aromatic rings. The molecule has 0 fully saturated rings. The Morgan fingerprint density at radius 1 is 1.06 bits per heavy atom. The molecule has 1 atom stereocenters. The number of amides is 1. The minimum Gasteiger partial charge on any atom is -0.489 e. The van der Waals surface area contributed by atoms with Crippen LogP contribution in [0.25, 0.3) is 0 Å². The lowest BCUT2D eigenvalue weighted by Gasteiger charge is -2.23. The van der Waals surface area contributed by atoms with E-state index in [0.717, 1.165) is 28.7 Å². The van der Waals surface area contributed by atoms with Crippen molar-refractivity contribution in [1.82, 2.24) is 5.32 Å². The molecule has 0 aromatic heterocycles. The van der Waals surface area contributed by atoms with Gasteiger partial charge >= 0.3 is 0 Å². The smallest absolute Gasteiger partial charge is 0.252 e. The number of nitrogens with zero attached hydrogens (tertiary/aromatic N) is 1. The molecule has 1 unspecified atom stereocenters. The normalized spacial score (nSPS) is 11.7. The zero-order chi connectivity index (χ0) is 25.4. The van der Waals surface area contributed by atoms with Crippen molar-refractivity contribution in [3.63, 3.8) is 0 Å². The van der Waals surface area contributed by atoms with Crippen molar-refractivity contribution in [2.75, 3.05) is 0 Å². The first-order valence-electron chi connectivity index (χ1n) is 12.0. The molecule has 0 bridgehead atoms. The van der Waals surface area contributed by atoms with Gasteiger partial charge in [0.15, 0.2) is 0 Å². The predicted octanol–water partition coefficient (Wildman–Crippen LogP) is 6.99. The summed E-state index contributed by atoms with van der Waals surface area (Å²) in [5.41, 5.74) is 5.40. The predicted molar refractivity (Wildman–Crippen MR) is 137 cm³/mol. The topological polar surface area (TPSA) is 62.1 Å². The lowest BCUT2D eigenvalue weighted by molar-refractivity contribution is 0.0930. The molecule has 1 N–H and O–H groups in total. The Balaban J connectivity index is 1.87. The van der Waals surface area contributed by atoms with Crippen molar-refractivity contribution in [3.05, 3.63) is 99.9 Å². The summed E-state index contributed by atoms with van der Waals surface area (Å²) in [6, 6.07) is 20.0. The van der Waals surface area contributed by atoms with Gasteiger partial charge in [-0.25, -0.2) is 4.39 Å². The third kappa shape index (κ3) is 7.68. The van der Waals surface area contributed by atoms with E-state index in [2.05, 4.69) is 57.3 Å². The number of carbonyl (C=O) groups is 1. The van der Waals surface area contributed by atoms with Gasteiger partial charge in [-0.2, -0.15) is 5.26 Å². The summed E-state index contributed by atoms with van der Waals surface area (Å²) in [6.45, 7) is 8.59. The molecule has 4 nitrogen and oxygen atoms in total. The van der Waals surface area contributed by atoms with Gasteiger partial charge in [0.1, 0.15) is 18.2 Å². The third-order valence-electron chi connectivity index (χ3n) is 5.79. The Hall–Kier alpha value is -3.65. The summed E-state index contributed by atoms with van der Waals surface area (Å²) in [5, 5.41) is 12.3. The quantitative estimate of drug-likeness (QED) is 0.346. The van der Waals surface area contributed by atoms with Crippen LogP contribution in [0.3, 0.4) is 0 Å². The van der Waals surface area contributed by atoms with Crippen LogP contribution in [0.15, 0.2) is 60.7 Å². The van der Waals surface area contributed by atoms with E-state index in [1.807, 2.05) is 6.07 Å². The molecule has 182 valence electrons. The molecular weight excluding hydrogens is 439 g/mol. The average molecular weight is 473 g/mol. The van der Waals surface area contributed by atoms with Gasteiger partial charge in [-0.3, -0.25) is 4.79 Å². The van der Waals surface area contributed by atoms with E-state index < -0.39 is 0 Å². The highest BCUT2D eigenvalue weighted by Crippen LogP contribution is 2.26. The van der Waals surface area contributed by atoms with Gasteiger partial charge in [0, 0.05) is 12.0 Å². The fourth-order valence-corrected chi connectivity index (χ4v) is 4.26. The van der Waals surface area contributed by atoms with Crippen molar-refractivity contribution >= 4 is 5.91 Å². The lowest BCUT2D eigenvalue weighted by Crippen LogP contribution is -2.30. The van der Waals surface area contributed by atoms with Gasteiger partial charge in [0.05, 0.1) is 12.1 Å². The molecule has 3 rings (SSSR count). The molecule has 0 saturated heterocycles. The summed E-state index contributed by atoms with van der Waals surface area (Å²) >= 11 is 0.